The van der Waals surface area contributed by atoms with Crippen LogP contribution in [0.25, 0.3) is 0 Å². The second kappa shape index (κ2) is 5.51. The minimum absolute atomic E-state index is 0.0276. The molecule has 0 radical (unpaired) electrons. The number of hydrogen-bond donors (Lipinski definition) is 1. The normalized spacial score (nSPS) is 11.1. The van der Waals surface area contributed by atoms with Crippen molar-refractivity contribution >= 4 is 33.2 Å². The summed E-state index contributed by atoms with van der Waals surface area (Å²) in [4.78, 5) is 0.0276. The van der Waals surface area contributed by atoms with Gasteiger partial charge in [0.1, 0.15) is 0 Å². The first-order valence-corrected chi connectivity index (χ1v) is 6.53. The second-order valence-corrected chi connectivity index (χ2v) is 5.46. The molecule has 0 saturated heterocycles. The van der Waals surface area contributed by atoms with Gasteiger partial charge in [0.25, 0.3) is 0 Å². The minimum Gasteiger partial charge on any atom is -0.210 e. The number of nitrogens with one attached hydrogen (secondary N) is 1. The van der Waals surface area contributed by atoms with E-state index in [0.29, 0.717) is 0 Å². The SMILES string of the molecule is N#CCCNS(=O)(=O)c1ccc(Cl)c(Cl)c1. The Kier molecular flexibility index (Phi) is 4.56. The lowest BCUT2D eigenvalue weighted by molar-refractivity contribution is 0.582. The van der Waals surface area contributed by atoms with Gasteiger partial charge in [-0.25, -0.2) is 13.1 Å². The number of nitriles is 1. The van der Waals surface area contributed by atoms with E-state index >= 15 is 0 Å². The van der Waals surface area contributed by atoms with Gasteiger partial charge in [0, 0.05) is 13.0 Å². The standard InChI is InChI=1S/C9H8Cl2N2O2S/c10-8-3-2-7(6-9(8)11)16(14,15)13-5-1-4-12/h2-3,6,13H,1,5H2. The fourth-order valence-corrected chi connectivity index (χ4v) is 2.39. The summed E-state index contributed by atoms with van der Waals surface area (Å²) in [6.45, 7) is 0.0685. The Bertz CT molecular complexity index is 523. The van der Waals surface area contributed by atoms with Gasteiger partial charge in [0.2, 0.25) is 10.0 Å². The van der Waals surface area contributed by atoms with Crippen LogP contribution in [0.3, 0.4) is 0 Å². The Labute approximate surface area is 104 Å². The Balaban J connectivity index is 2.91. The molecule has 86 valence electrons. The average Bonchev–Trinajstić information content (AvgIpc) is 2.22. The molecule has 0 amide bonds. The summed E-state index contributed by atoms with van der Waals surface area (Å²) in [5, 5.41) is 8.75. The first-order valence-electron chi connectivity index (χ1n) is 4.29. The predicted octanol–water partition coefficient (Wildman–Crippen LogP) is 2.19. The maximum Gasteiger partial charge on any atom is 0.240 e. The summed E-state index contributed by atoms with van der Waals surface area (Å²) in [6.07, 6.45) is 0.112. The van der Waals surface area contributed by atoms with Crippen LogP contribution in [0.2, 0.25) is 10.0 Å². The van der Waals surface area contributed by atoms with Gasteiger partial charge in [-0.05, 0) is 18.2 Å². The molecule has 0 heterocycles. The lowest BCUT2D eigenvalue weighted by atomic mass is 10.4. The summed E-state index contributed by atoms with van der Waals surface area (Å²) in [5.41, 5.74) is 0. The lowest BCUT2D eigenvalue weighted by Crippen LogP contribution is -2.24. The van der Waals surface area contributed by atoms with Crippen LogP contribution in [-0.4, -0.2) is 15.0 Å². The van der Waals surface area contributed by atoms with Crippen LogP contribution in [0.5, 0.6) is 0 Å². The van der Waals surface area contributed by atoms with Crippen molar-refractivity contribution in [2.45, 2.75) is 11.3 Å². The van der Waals surface area contributed by atoms with Crippen LogP contribution < -0.4 is 4.72 Å². The van der Waals surface area contributed by atoms with E-state index in [1.807, 2.05) is 6.07 Å². The Morgan fingerprint density at radius 1 is 1.31 bits per heavy atom. The molecule has 0 unspecified atom stereocenters. The summed E-state index contributed by atoms with van der Waals surface area (Å²) < 4.78 is 25.6. The molecule has 16 heavy (non-hydrogen) atoms. The van der Waals surface area contributed by atoms with E-state index in [1.165, 1.54) is 18.2 Å². The van der Waals surface area contributed by atoms with Gasteiger partial charge in [-0.15, -0.1) is 0 Å². The highest BCUT2D eigenvalue weighted by Gasteiger charge is 2.14. The topological polar surface area (TPSA) is 70.0 Å². The third-order valence-electron chi connectivity index (χ3n) is 1.73. The van der Waals surface area contributed by atoms with Crippen LogP contribution in [0, 0.1) is 11.3 Å². The Morgan fingerprint density at radius 3 is 2.56 bits per heavy atom. The van der Waals surface area contributed by atoms with Gasteiger partial charge < -0.3 is 0 Å². The number of rotatable bonds is 4. The fraction of sp³-hybridized carbons (Fsp3) is 0.222. The molecule has 1 rings (SSSR count). The number of halogens is 2. The summed E-state index contributed by atoms with van der Waals surface area (Å²) in [6, 6.07) is 5.86. The first kappa shape index (κ1) is 13.3. The highest BCUT2D eigenvalue weighted by atomic mass is 35.5. The van der Waals surface area contributed by atoms with Gasteiger partial charge >= 0.3 is 0 Å². The molecule has 0 fully saturated rings. The quantitative estimate of drug-likeness (QED) is 0.859. The van der Waals surface area contributed by atoms with Gasteiger partial charge in [0.15, 0.2) is 0 Å². The highest BCUT2D eigenvalue weighted by molar-refractivity contribution is 7.89. The number of hydrogen-bond acceptors (Lipinski definition) is 3. The van der Waals surface area contributed by atoms with E-state index < -0.39 is 10.0 Å². The molecule has 0 atom stereocenters. The molecule has 0 aliphatic carbocycles. The smallest absolute Gasteiger partial charge is 0.210 e. The maximum absolute atomic E-state index is 11.6. The van der Waals surface area contributed by atoms with E-state index in [1.54, 1.807) is 0 Å². The van der Waals surface area contributed by atoms with Crippen LogP contribution in [0.1, 0.15) is 6.42 Å². The van der Waals surface area contributed by atoms with Crippen molar-refractivity contribution in [3.8, 4) is 6.07 Å². The van der Waals surface area contributed by atoms with Crippen molar-refractivity contribution in [2.24, 2.45) is 0 Å². The van der Waals surface area contributed by atoms with Gasteiger partial charge in [-0.3, -0.25) is 0 Å². The number of benzene rings is 1. The van der Waals surface area contributed by atoms with Crippen LogP contribution in [0.4, 0.5) is 0 Å². The molecule has 7 heteroatoms. The van der Waals surface area contributed by atoms with E-state index in [2.05, 4.69) is 4.72 Å². The molecular formula is C9H8Cl2N2O2S. The van der Waals surface area contributed by atoms with Crippen molar-refractivity contribution in [2.75, 3.05) is 6.54 Å². The van der Waals surface area contributed by atoms with E-state index in [4.69, 9.17) is 28.5 Å². The zero-order valence-electron chi connectivity index (χ0n) is 8.07. The molecule has 0 saturated carbocycles. The molecule has 0 aliphatic rings. The van der Waals surface area contributed by atoms with Crippen LogP contribution in [0.15, 0.2) is 23.1 Å². The summed E-state index contributed by atoms with van der Waals surface area (Å²) >= 11 is 11.4. The molecule has 0 bridgehead atoms. The van der Waals surface area contributed by atoms with Gasteiger partial charge in [0.05, 0.1) is 21.0 Å². The predicted molar refractivity (Wildman–Crippen MR) is 61.9 cm³/mol. The minimum atomic E-state index is -3.62. The van der Waals surface area contributed by atoms with Gasteiger partial charge in [-0.1, -0.05) is 23.2 Å². The molecular weight excluding hydrogens is 271 g/mol. The van der Waals surface area contributed by atoms with Crippen molar-refractivity contribution in [3.63, 3.8) is 0 Å². The number of nitrogens with zero attached hydrogens (tertiary/aromatic N) is 1. The van der Waals surface area contributed by atoms with Crippen LogP contribution in [-0.2, 0) is 10.0 Å². The molecule has 0 spiro atoms. The summed E-state index contributed by atoms with van der Waals surface area (Å²) in [5.74, 6) is 0. The third-order valence-corrected chi connectivity index (χ3v) is 3.93. The highest BCUT2D eigenvalue weighted by Crippen LogP contribution is 2.24. The molecule has 4 nitrogen and oxygen atoms in total. The van der Waals surface area contributed by atoms with E-state index in [0.717, 1.165) is 0 Å². The monoisotopic (exact) mass is 278 g/mol. The summed E-state index contributed by atoms with van der Waals surface area (Å²) in [7, 11) is -3.62. The van der Waals surface area contributed by atoms with Crippen molar-refractivity contribution < 1.29 is 8.42 Å². The zero-order valence-corrected chi connectivity index (χ0v) is 10.4. The average molecular weight is 279 g/mol. The molecule has 1 aromatic carbocycles. The van der Waals surface area contributed by atoms with E-state index in [-0.39, 0.29) is 27.9 Å². The number of sulfonamides is 1. The van der Waals surface area contributed by atoms with E-state index in [9.17, 15) is 8.42 Å². The second-order valence-electron chi connectivity index (χ2n) is 2.88. The Morgan fingerprint density at radius 2 is 2.00 bits per heavy atom. The molecule has 0 aliphatic heterocycles. The van der Waals surface area contributed by atoms with Crippen molar-refractivity contribution in [3.05, 3.63) is 28.2 Å². The first-order chi connectivity index (χ1) is 7.47. The third kappa shape index (κ3) is 3.35. The lowest BCUT2D eigenvalue weighted by Gasteiger charge is -2.05. The zero-order chi connectivity index (χ0) is 12.2. The maximum atomic E-state index is 11.6. The van der Waals surface area contributed by atoms with Crippen molar-refractivity contribution in [1.29, 1.82) is 5.26 Å². The fourth-order valence-electron chi connectivity index (χ4n) is 0.969. The molecule has 1 N–H and O–H groups in total. The molecule has 0 aromatic heterocycles. The van der Waals surface area contributed by atoms with Crippen molar-refractivity contribution in [1.82, 2.24) is 4.72 Å². The molecule has 1 aromatic rings. The largest absolute Gasteiger partial charge is 0.240 e. The van der Waals surface area contributed by atoms with Gasteiger partial charge in [-0.2, -0.15) is 5.26 Å². The van der Waals surface area contributed by atoms with Crippen LogP contribution >= 0.6 is 23.2 Å². The Hall–Kier alpha value is -0.800.